The van der Waals surface area contributed by atoms with E-state index in [9.17, 15) is 14.0 Å². The molecule has 1 aromatic carbocycles. The number of nitrogens with one attached hydrogen (secondary N) is 1. The van der Waals surface area contributed by atoms with Crippen LogP contribution < -0.4 is 10.9 Å². The van der Waals surface area contributed by atoms with Gasteiger partial charge in [-0.25, -0.2) is 9.37 Å². The number of hydrogen-bond donors (Lipinski definition) is 1. The number of rotatable bonds is 5. The lowest BCUT2D eigenvalue weighted by molar-refractivity contribution is -0.122. The van der Waals surface area contributed by atoms with Crippen LogP contribution in [0.15, 0.2) is 40.8 Å². The lowest BCUT2D eigenvalue weighted by Gasteiger charge is -2.22. The Kier molecular flexibility index (Phi) is 5.52. The smallest absolute Gasteiger partial charge is 0.262 e. The van der Waals surface area contributed by atoms with Gasteiger partial charge in [0.05, 0.1) is 11.7 Å². The highest BCUT2D eigenvalue weighted by Crippen LogP contribution is 2.30. The zero-order valence-electron chi connectivity index (χ0n) is 15.5. The van der Waals surface area contributed by atoms with E-state index in [1.165, 1.54) is 40.8 Å². The van der Waals surface area contributed by atoms with Crippen molar-refractivity contribution in [3.63, 3.8) is 0 Å². The molecule has 1 saturated carbocycles. The summed E-state index contributed by atoms with van der Waals surface area (Å²) in [7, 11) is 0. The molecule has 1 N–H and O–H groups in total. The molecule has 2 aromatic heterocycles. The van der Waals surface area contributed by atoms with E-state index in [2.05, 4.69) is 10.3 Å². The van der Waals surface area contributed by atoms with Crippen LogP contribution in [0.5, 0.6) is 0 Å². The molecule has 0 unspecified atom stereocenters. The highest BCUT2D eigenvalue weighted by Gasteiger charge is 2.17. The zero-order valence-corrected chi connectivity index (χ0v) is 16.3. The van der Waals surface area contributed by atoms with Gasteiger partial charge in [-0.1, -0.05) is 31.4 Å². The Bertz CT molecular complexity index is 1040. The SMILES string of the molecule is O=C(CCn1cnc2scc(-c3ccc(F)cc3)c2c1=O)NC1CCCCC1. The van der Waals surface area contributed by atoms with Crippen LogP contribution in [-0.2, 0) is 11.3 Å². The van der Waals surface area contributed by atoms with E-state index in [4.69, 9.17) is 0 Å². The molecule has 0 spiro atoms. The number of halogens is 1. The molecule has 1 aliphatic rings. The average Bonchev–Trinajstić information content (AvgIpc) is 3.14. The summed E-state index contributed by atoms with van der Waals surface area (Å²) in [5, 5.41) is 5.46. The van der Waals surface area contributed by atoms with E-state index in [0.717, 1.165) is 36.8 Å². The van der Waals surface area contributed by atoms with Crippen molar-refractivity contribution >= 4 is 27.5 Å². The zero-order chi connectivity index (χ0) is 19.5. The second kappa shape index (κ2) is 8.22. The summed E-state index contributed by atoms with van der Waals surface area (Å²) in [5.41, 5.74) is 1.36. The van der Waals surface area contributed by atoms with Crippen molar-refractivity contribution in [2.75, 3.05) is 0 Å². The maximum atomic E-state index is 13.2. The first-order chi connectivity index (χ1) is 13.6. The summed E-state index contributed by atoms with van der Waals surface area (Å²) < 4.78 is 14.7. The summed E-state index contributed by atoms with van der Waals surface area (Å²) in [6.07, 6.45) is 7.39. The van der Waals surface area contributed by atoms with Gasteiger partial charge >= 0.3 is 0 Å². The van der Waals surface area contributed by atoms with E-state index in [1.54, 1.807) is 12.1 Å². The molecule has 3 aromatic rings. The van der Waals surface area contributed by atoms with Crippen LogP contribution in [0.25, 0.3) is 21.3 Å². The lowest BCUT2D eigenvalue weighted by atomic mass is 9.95. The Balaban J connectivity index is 1.52. The fourth-order valence-corrected chi connectivity index (χ4v) is 4.64. The summed E-state index contributed by atoms with van der Waals surface area (Å²) in [4.78, 5) is 30.2. The topological polar surface area (TPSA) is 64.0 Å². The molecule has 146 valence electrons. The van der Waals surface area contributed by atoms with Gasteiger partial charge in [-0.2, -0.15) is 0 Å². The third kappa shape index (κ3) is 3.99. The minimum Gasteiger partial charge on any atom is -0.353 e. The number of amides is 1. The Labute approximate surface area is 166 Å². The molecule has 1 fully saturated rings. The van der Waals surface area contributed by atoms with Crippen molar-refractivity contribution < 1.29 is 9.18 Å². The fraction of sp³-hybridized carbons (Fsp3) is 0.381. The first-order valence-corrected chi connectivity index (χ1v) is 10.5. The van der Waals surface area contributed by atoms with Gasteiger partial charge in [0.2, 0.25) is 5.91 Å². The number of thiophene rings is 1. The Morgan fingerprint density at radius 1 is 1.21 bits per heavy atom. The van der Waals surface area contributed by atoms with Crippen LogP contribution >= 0.6 is 11.3 Å². The number of fused-ring (bicyclic) bond motifs is 1. The molecule has 5 nitrogen and oxygen atoms in total. The summed E-state index contributed by atoms with van der Waals surface area (Å²) in [6, 6.07) is 6.34. The molecule has 0 radical (unpaired) electrons. The number of hydrogen-bond acceptors (Lipinski definition) is 4. The maximum absolute atomic E-state index is 13.2. The predicted molar refractivity (Wildman–Crippen MR) is 109 cm³/mol. The molecule has 1 aliphatic carbocycles. The average molecular weight is 399 g/mol. The van der Waals surface area contributed by atoms with Crippen LogP contribution in [0, 0.1) is 5.82 Å². The number of benzene rings is 1. The minimum absolute atomic E-state index is 0.0250. The Hall–Kier alpha value is -2.54. The van der Waals surface area contributed by atoms with E-state index in [-0.39, 0.29) is 29.7 Å². The van der Waals surface area contributed by atoms with Crippen LogP contribution in [0.1, 0.15) is 38.5 Å². The number of aromatic nitrogens is 2. The van der Waals surface area contributed by atoms with E-state index < -0.39 is 0 Å². The van der Waals surface area contributed by atoms with Gasteiger partial charge < -0.3 is 5.32 Å². The fourth-order valence-electron chi connectivity index (χ4n) is 3.74. The van der Waals surface area contributed by atoms with Crippen molar-refractivity contribution in [2.24, 2.45) is 0 Å². The molecule has 0 aliphatic heterocycles. The third-order valence-electron chi connectivity index (χ3n) is 5.27. The van der Waals surface area contributed by atoms with Crippen LogP contribution in [0.3, 0.4) is 0 Å². The van der Waals surface area contributed by atoms with Crippen molar-refractivity contribution in [3.8, 4) is 11.1 Å². The Morgan fingerprint density at radius 3 is 2.71 bits per heavy atom. The van der Waals surface area contributed by atoms with Gasteiger partial charge in [-0.05, 0) is 30.5 Å². The monoisotopic (exact) mass is 399 g/mol. The van der Waals surface area contributed by atoms with Gasteiger partial charge in [0.15, 0.2) is 0 Å². The molecule has 0 atom stereocenters. The van der Waals surface area contributed by atoms with Crippen molar-refractivity contribution in [1.29, 1.82) is 0 Å². The molecule has 0 bridgehead atoms. The van der Waals surface area contributed by atoms with Gasteiger partial charge in [-0.3, -0.25) is 14.2 Å². The highest BCUT2D eigenvalue weighted by atomic mass is 32.1. The number of carbonyl (C=O) groups excluding carboxylic acids is 1. The third-order valence-corrected chi connectivity index (χ3v) is 6.15. The molecule has 28 heavy (non-hydrogen) atoms. The molecular formula is C21H22FN3O2S. The number of nitrogens with zero attached hydrogens (tertiary/aromatic N) is 2. The molecular weight excluding hydrogens is 377 g/mol. The Morgan fingerprint density at radius 2 is 1.96 bits per heavy atom. The van der Waals surface area contributed by atoms with Crippen molar-refractivity contribution in [2.45, 2.75) is 51.1 Å². The molecule has 2 heterocycles. The molecule has 7 heteroatoms. The molecule has 4 rings (SSSR count). The maximum Gasteiger partial charge on any atom is 0.262 e. The second-order valence-corrected chi connectivity index (χ2v) is 8.09. The summed E-state index contributed by atoms with van der Waals surface area (Å²) in [6.45, 7) is 0.291. The summed E-state index contributed by atoms with van der Waals surface area (Å²) >= 11 is 1.39. The second-order valence-electron chi connectivity index (χ2n) is 7.23. The normalized spacial score (nSPS) is 15.0. The van der Waals surface area contributed by atoms with Gasteiger partial charge in [0, 0.05) is 30.0 Å². The molecule has 1 amide bonds. The van der Waals surface area contributed by atoms with Crippen molar-refractivity contribution in [3.05, 3.63) is 52.1 Å². The van der Waals surface area contributed by atoms with E-state index in [1.807, 2.05) is 5.38 Å². The minimum atomic E-state index is -0.317. The number of aryl methyl sites for hydroxylation is 1. The summed E-state index contributed by atoms with van der Waals surface area (Å²) in [5.74, 6) is -0.342. The highest BCUT2D eigenvalue weighted by molar-refractivity contribution is 7.17. The first-order valence-electron chi connectivity index (χ1n) is 9.64. The van der Waals surface area contributed by atoms with Gasteiger partial charge in [-0.15, -0.1) is 11.3 Å². The van der Waals surface area contributed by atoms with Gasteiger partial charge in [0.25, 0.3) is 5.56 Å². The van der Waals surface area contributed by atoms with Gasteiger partial charge in [0.1, 0.15) is 10.6 Å². The standard InChI is InChI=1S/C21H22FN3O2S/c22-15-8-6-14(7-9-15)17-12-28-20-19(17)21(27)25(13-23-20)11-10-18(26)24-16-4-2-1-3-5-16/h6-9,12-13,16H,1-5,10-11H2,(H,24,26). The quantitative estimate of drug-likeness (QED) is 0.702. The molecule has 0 saturated heterocycles. The van der Waals surface area contributed by atoms with Crippen LogP contribution in [0.2, 0.25) is 0 Å². The lowest BCUT2D eigenvalue weighted by Crippen LogP contribution is -2.37. The number of carbonyl (C=O) groups is 1. The van der Waals surface area contributed by atoms with Crippen LogP contribution in [0.4, 0.5) is 4.39 Å². The van der Waals surface area contributed by atoms with E-state index >= 15 is 0 Å². The largest absolute Gasteiger partial charge is 0.353 e. The first kappa shape index (κ1) is 18.8. The predicted octanol–water partition coefficient (Wildman–Crippen LogP) is 4.10. The van der Waals surface area contributed by atoms with Crippen molar-refractivity contribution in [1.82, 2.24) is 14.9 Å². The van der Waals surface area contributed by atoms with E-state index in [0.29, 0.717) is 16.8 Å². The van der Waals surface area contributed by atoms with Crippen LogP contribution in [-0.4, -0.2) is 21.5 Å².